The molecule has 0 bridgehead atoms. The molecule has 0 aliphatic heterocycles. The molecule has 0 atom stereocenters. The number of guanidine groups is 1. The van der Waals surface area contributed by atoms with Gasteiger partial charge in [0.05, 0.1) is 0 Å². The fourth-order valence-corrected chi connectivity index (χ4v) is 3.13. The zero-order valence-corrected chi connectivity index (χ0v) is 17.8. The average molecular weight is 474 g/mol. The highest BCUT2D eigenvalue weighted by Gasteiger charge is 2.14. The third-order valence-electron chi connectivity index (χ3n) is 4.43. The number of nitrogens with one attached hydrogen (secondary N) is 3. The van der Waals surface area contributed by atoms with Crippen molar-refractivity contribution in [1.29, 1.82) is 0 Å². The maximum Gasteiger partial charge on any atom is 0.246 e. The fourth-order valence-electron chi connectivity index (χ4n) is 3.13. The van der Waals surface area contributed by atoms with Gasteiger partial charge in [0.15, 0.2) is 5.96 Å². The first-order valence-electron chi connectivity index (χ1n) is 9.28. The van der Waals surface area contributed by atoms with E-state index >= 15 is 0 Å². The summed E-state index contributed by atoms with van der Waals surface area (Å²) in [6.07, 6.45) is 7.94. The number of phenolic OH excluding ortho intramolecular Hbond substituents is 1. The monoisotopic (exact) mass is 474 g/mol. The summed E-state index contributed by atoms with van der Waals surface area (Å²) in [5, 5.41) is 18.5. The Balaban J connectivity index is 0.00000338. The summed E-state index contributed by atoms with van der Waals surface area (Å²) in [6, 6.07) is 6.39. The number of aliphatic imine (C=N–C) groups is 1. The fraction of sp³-hybridized carbons (Fsp3) is 0.579. The van der Waals surface area contributed by atoms with Crippen molar-refractivity contribution < 1.29 is 9.90 Å². The first-order valence-corrected chi connectivity index (χ1v) is 9.28. The molecule has 1 aromatic rings. The smallest absolute Gasteiger partial charge is 0.246 e. The van der Waals surface area contributed by atoms with Gasteiger partial charge in [-0.1, -0.05) is 25.7 Å². The summed E-state index contributed by atoms with van der Waals surface area (Å²) in [5.74, 6) is 1.56. The summed E-state index contributed by atoms with van der Waals surface area (Å²) in [7, 11) is 0. The van der Waals surface area contributed by atoms with Crippen molar-refractivity contribution in [3.63, 3.8) is 0 Å². The summed E-state index contributed by atoms with van der Waals surface area (Å²) >= 11 is 0. The van der Waals surface area contributed by atoms with Crippen LogP contribution in [0.5, 0.6) is 5.75 Å². The Kier molecular flexibility index (Phi) is 11.1. The van der Waals surface area contributed by atoms with Gasteiger partial charge in [0.25, 0.3) is 0 Å². The van der Waals surface area contributed by atoms with Gasteiger partial charge in [-0.15, -0.1) is 24.0 Å². The molecule has 1 aliphatic rings. The third-order valence-corrected chi connectivity index (χ3v) is 4.43. The normalized spacial score (nSPS) is 14.6. The van der Waals surface area contributed by atoms with E-state index in [2.05, 4.69) is 20.9 Å². The van der Waals surface area contributed by atoms with Gasteiger partial charge in [0.1, 0.15) is 12.3 Å². The Morgan fingerprint density at radius 2 is 1.88 bits per heavy atom. The van der Waals surface area contributed by atoms with Crippen LogP contribution in [0.15, 0.2) is 29.3 Å². The second kappa shape index (κ2) is 12.8. The molecule has 1 aromatic carbocycles. The number of aromatic hydroxyl groups is 1. The minimum Gasteiger partial charge on any atom is -0.508 e. The molecule has 0 saturated heterocycles. The quantitative estimate of drug-likeness (QED) is 0.153. The topological polar surface area (TPSA) is 85.8 Å². The van der Waals surface area contributed by atoms with Crippen LogP contribution in [0.1, 0.15) is 45.4 Å². The van der Waals surface area contributed by atoms with Crippen molar-refractivity contribution in [2.24, 2.45) is 10.9 Å². The highest BCUT2D eigenvalue weighted by Crippen LogP contribution is 2.28. The molecule has 7 heteroatoms. The van der Waals surface area contributed by atoms with Crippen LogP contribution >= 0.6 is 24.0 Å². The van der Waals surface area contributed by atoms with Gasteiger partial charge < -0.3 is 21.1 Å². The van der Waals surface area contributed by atoms with Crippen molar-refractivity contribution in [2.45, 2.75) is 45.4 Å². The van der Waals surface area contributed by atoms with Gasteiger partial charge >= 0.3 is 0 Å². The van der Waals surface area contributed by atoms with Crippen LogP contribution in [-0.2, 0) is 4.79 Å². The van der Waals surface area contributed by atoms with Crippen molar-refractivity contribution >= 4 is 41.5 Å². The number of benzene rings is 1. The Morgan fingerprint density at radius 3 is 2.54 bits per heavy atom. The van der Waals surface area contributed by atoms with E-state index in [9.17, 15) is 9.90 Å². The predicted molar refractivity (Wildman–Crippen MR) is 117 cm³/mol. The highest BCUT2D eigenvalue weighted by atomic mass is 127. The molecule has 1 aliphatic carbocycles. The lowest BCUT2D eigenvalue weighted by Crippen LogP contribution is -2.38. The van der Waals surface area contributed by atoms with Gasteiger partial charge in [0.2, 0.25) is 5.91 Å². The lowest BCUT2D eigenvalue weighted by atomic mass is 10.0. The maximum atomic E-state index is 12.0. The van der Waals surface area contributed by atoms with Crippen LogP contribution in [0.25, 0.3) is 0 Å². The molecule has 146 valence electrons. The molecule has 2 rings (SSSR count). The number of anilines is 1. The van der Waals surface area contributed by atoms with Crippen LogP contribution < -0.4 is 16.0 Å². The molecular formula is C19H31IN4O2. The number of nitrogens with zero attached hydrogens (tertiary/aromatic N) is 1. The number of carbonyl (C=O) groups excluding carboxylic acids is 1. The SMILES string of the molecule is CCNC(=NCC(=O)Nc1ccc(O)cc1)NCCCC1CCCC1.I. The molecule has 0 spiro atoms. The zero-order valence-electron chi connectivity index (χ0n) is 15.5. The van der Waals surface area contributed by atoms with Gasteiger partial charge in [-0.3, -0.25) is 4.79 Å². The first kappa shape index (κ1) is 22.5. The van der Waals surface area contributed by atoms with E-state index in [0.29, 0.717) is 11.6 Å². The number of carbonyl (C=O) groups is 1. The molecule has 1 saturated carbocycles. The van der Waals surface area contributed by atoms with Gasteiger partial charge in [0, 0.05) is 18.8 Å². The Labute approximate surface area is 173 Å². The third kappa shape index (κ3) is 8.73. The van der Waals surface area contributed by atoms with Crippen molar-refractivity contribution in [3.05, 3.63) is 24.3 Å². The lowest BCUT2D eigenvalue weighted by Gasteiger charge is -2.13. The highest BCUT2D eigenvalue weighted by molar-refractivity contribution is 14.0. The molecule has 26 heavy (non-hydrogen) atoms. The molecule has 0 aromatic heterocycles. The minimum absolute atomic E-state index is 0. The molecule has 6 nitrogen and oxygen atoms in total. The van der Waals surface area contributed by atoms with Crippen LogP contribution in [-0.4, -0.2) is 36.6 Å². The summed E-state index contributed by atoms with van der Waals surface area (Å²) < 4.78 is 0. The number of phenols is 1. The number of rotatable bonds is 8. The van der Waals surface area contributed by atoms with E-state index in [1.54, 1.807) is 12.1 Å². The lowest BCUT2D eigenvalue weighted by molar-refractivity contribution is -0.114. The molecular weight excluding hydrogens is 443 g/mol. The number of hydrogen-bond acceptors (Lipinski definition) is 3. The van der Waals surface area contributed by atoms with E-state index in [4.69, 9.17) is 0 Å². The Morgan fingerprint density at radius 1 is 1.19 bits per heavy atom. The Bertz CT molecular complexity index is 557. The summed E-state index contributed by atoms with van der Waals surface area (Å²) in [4.78, 5) is 16.3. The van der Waals surface area contributed by atoms with E-state index in [0.717, 1.165) is 25.4 Å². The molecule has 1 fully saturated rings. The predicted octanol–water partition coefficient (Wildman–Crippen LogP) is 3.47. The maximum absolute atomic E-state index is 12.0. The standard InChI is InChI=1S/C19H30N4O2.HI/c1-2-20-19(21-13-5-8-15-6-3-4-7-15)22-14-18(25)23-16-9-11-17(24)12-10-16;/h9-12,15,24H,2-8,13-14H2,1H3,(H,23,25)(H2,20,21,22);1H. The van der Waals surface area contributed by atoms with E-state index in [1.165, 1.54) is 44.2 Å². The van der Waals surface area contributed by atoms with Gasteiger partial charge in [-0.2, -0.15) is 0 Å². The van der Waals surface area contributed by atoms with E-state index in [-0.39, 0.29) is 42.2 Å². The number of hydrogen-bond donors (Lipinski definition) is 4. The second-order valence-corrected chi connectivity index (χ2v) is 6.51. The first-order chi connectivity index (χ1) is 12.2. The molecule has 0 heterocycles. The van der Waals surface area contributed by atoms with Crippen molar-refractivity contribution in [3.8, 4) is 5.75 Å². The number of amides is 1. The molecule has 1 amide bonds. The van der Waals surface area contributed by atoms with Crippen LogP contribution in [0.3, 0.4) is 0 Å². The number of halogens is 1. The van der Waals surface area contributed by atoms with Gasteiger partial charge in [-0.05, 0) is 49.9 Å². The van der Waals surface area contributed by atoms with Crippen molar-refractivity contribution in [1.82, 2.24) is 10.6 Å². The second-order valence-electron chi connectivity index (χ2n) is 6.51. The zero-order chi connectivity index (χ0) is 17.9. The molecule has 4 N–H and O–H groups in total. The van der Waals surface area contributed by atoms with E-state index < -0.39 is 0 Å². The van der Waals surface area contributed by atoms with Crippen LogP contribution in [0, 0.1) is 5.92 Å². The molecule has 0 radical (unpaired) electrons. The van der Waals surface area contributed by atoms with Crippen LogP contribution in [0.2, 0.25) is 0 Å². The minimum atomic E-state index is -0.186. The largest absolute Gasteiger partial charge is 0.508 e. The molecule has 0 unspecified atom stereocenters. The van der Waals surface area contributed by atoms with Gasteiger partial charge in [-0.25, -0.2) is 4.99 Å². The van der Waals surface area contributed by atoms with E-state index in [1.807, 2.05) is 6.92 Å². The van der Waals surface area contributed by atoms with Crippen LogP contribution in [0.4, 0.5) is 5.69 Å². The Hall–Kier alpha value is -1.51. The summed E-state index contributed by atoms with van der Waals surface area (Å²) in [6.45, 7) is 3.70. The average Bonchev–Trinajstić information content (AvgIpc) is 3.12. The van der Waals surface area contributed by atoms with Crippen molar-refractivity contribution in [2.75, 3.05) is 25.0 Å². The summed E-state index contributed by atoms with van der Waals surface area (Å²) in [5.41, 5.74) is 0.646.